The maximum absolute atomic E-state index is 11.5. The molecule has 0 saturated carbocycles. The topological polar surface area (TPSA) is 78.0 Å². The molecule has 86 valence electrons. The van der Waals surface area contributed by atoms with Crippen LogP contribution in [0.3, 0.4) is 0 Å². The number of primary amides is 1. The van der Waals surface area contributed by atoms with Crippen molar-refractivity contribution >= 4 is 5.91 Å². The molecule has 1 aromatic heterocycles. The van der Waals surface area contributed by atoms with Gasteiger partial charge in [0.05, 0.1) is 6.54 Å². The lowest BCUT2D eigenvalue weighted by molar-refractivity contribution is 0.0993. The van der Waals surface area contributed by atoms with Gasteiger partial charge in [-0.05, 0) is 11.6 Å². The molecule has 0 aliphatic carbocycles. The van der Waals surface area contributed by atoms with Crippen LogP contribution in [0.4, 0.5) is 0 Å². The van der Waals surface area contributed by atoms with E-state index in [2.05, 4.69) is 5.10 Å². The predicted octanol–water partition coefficient (Wildman–Crippen LogP) is 0.390. The molecule has 0 radical (unpaired) electrons. The van der Waals surface area contributed by atoms with E-state index in [1.165, 1.54) is 16.8 Å². The number of carbonyl (C=O) groups excluding carboxylic acids is 1. The number of aromatic nitrogens is 2. The fourth-order valence-electron chi connectivity index (χ4n) is 1.45. The SMILES string of the molecule is NC(=O)c1ccc(=O)n(Cc2ccccc2)n1. The molecule has 0 spiro atoms. The summed E-state index contributed by atoms with van der Waals surface area (Å²) in [6.07, 6.45) is 0. The van der Waals surface area contributed by atoms with Gasteiger partial charge >= 0.3 is 0 Å². The van der Waals surface area contributed by atoms with Crippen LogP contribution >= 0.6 is 0 Å². The minimum Gasteiger partial charge on any atom is -0.364 e. The predicted molar refractivity (Wildman–Crippen MR) is 62.6 cm³/mol. The van der Waals surface area contributed by atoms with E-state index < -0.39 is 5.91 Å². The Hall–Kier alpha value is -2.43. The van der Waals surface area contributed by atoms with E-state index in [9.17, 15) is 9.59 Å². The molecule has 1 heterocycles. The summed E-state index contributed by atoms with van der Waals surface area (Å²) in [5.41, 5.74) is 5.86. The maximum Gasteiger partial charge on any atom is 0.269 e. The molecular formula is C12H11N3O2. The number of nitrogens with two attached hydrogens (primary N) is 1. The monoisotopic (exact) mass is 229 g/mol. The zero-order valence-electron chi connectivity index (χ0n) is 9.04. The molecule has 2 N–H and O–H groups in total. The Bertz CT molecular complexity index is 590. The summed E-state index contributed by atoms with van der Waals surface area (Å²) in [5.74, 6) is -0.646. The zero-order chi connectivity index (χ0) is 12.3. The molecule has 5 nitrogen and oxygen atoms in total. The molecular weight excluding hydrogens is 218 g/mol. The van der Waals surface area contributed by atoms with Crippen molar-refractivity contribution in [1.29, 1.82) is 0 Å². The normalized spacial score (nSPS) is 10.1. The van der Waals surface area contributed by atoms with Gasteiger partial charge in [-0.3, -0.25) is 9.59 Å². The average Bonchev–Trinajstić information content (AvgIpc) is 2.33. The number of nitrogens with zero attached hydrogens (tertiary/aromatic N) is 2. The second-order valence-electron chi connectivity index (χ2n) is 3.56. The lowest BCUT2D eigenvalue weighted by atomic mass is 10.2. The highest BCUT2D eigenvalue weighted by Gasteiger charge is 2.05. The molecule has 0 bridgehead atoms. The van der Waals surface area contributed by atoms with Gasteiger partial charge < -0.3 is 5.73 Å². The highest BCUT2D eigenvalue weighted by Crippen LogP contribution is 1.99. The Balaban J connectivity index is 2.36. The van der Waals surface area contributed by atoms with Crippen LogP contribution in [0, 0.1) is 0 Å². The molecule has 1 amide bonds. The quantitative estimate of drug-likeness (QED) is 0.827. The molecule has 0 fully saturated rings. The number of amides is 1. The Morgan fingerprint density at radius 3 is 2.53 bits per heavy atom. The van der Waals surface area contributed by atoms with Crippen LogP contribution < -0.4 is 11.3 Å². The lowest BCUT2D eigenvalue weighted by Crippen LogP contribution is -2.26. The fraction of sp³-hybridized carbons (Fsp3) is 0.0833. The molecule has 2 aromatic rings. The molecule has 1 aromatic carbocycles. The van der Waals surface area contributed by atoms with Crippen molar-refractivity contribution in [2.45, 2.75) is 6.54 Å². The molecule has 2 rings (SSSR count). The van der Waals surface area contributed by atoms with Gasteiger partial charge in [-0.2, -0.15) is 5.10 Å². The number of rotatable bonds is 3. The Morgan fingerprint density at radius 2 is 1.88 bits per heavy atom. The first kappa shape index (κ1) is 11.1. The van der Waals surface area contributed by atoms with Gasteiger partial charge in [0.1, 0.15) is 5.69 Å². The van der Waals surface area contributed by atoms with Crippen molar-refractivity contribution in [2.75, 3.05) is 0 Å². The molecule has 5 heteroatoms. The van der Waals surface area contributed by atoms with Crippen LogP contribution in [0.2, 0.25) is 0 Å². The summed E-state index contributed by atoms with van der Waals surface area (Å²) >= 11 is 0. The van der Waals surface area contributed by atoms with E-state index >= 15 is 0 Å². The summed E-state index contributed by atoms with van der Waals surface area (Å²) < 4.78 is 1.22. The summed E-state index contributed by atoms with van der Waals surface area (Å²) in [5, 5.41) is 3.90. The van der Waals surface area contributed by atoms with Gasteiger partial charge in [0.15, 0.2) is 0 Å². The van der Waals surface area contributed by atoms with Crippen LogP contribution in [-0.4, -0.2) is 15.7 Å². The molecule has 0 unspecified atom stereocenters. The summed E-state index contributed by atoms with van der Waals surface area (Å²) in [6.45, 7) is 0.320. The summed E-state index contributed by atoms with van der Waals surface area (Å²) in [4.78, 5) is 22.5. The van der Waals surface area contributed by atoms with E-state index in [-0.39, 0.29) is 11.3 Å². The second-order valence-corrected chi connectivity index (χ2v) is 3.56. The van der Waals surface area contributed by atoms with Crippen molar-refractivity contribution < 1.29 is 4.79 Å². The van der Waals surface area contributed by atoms with Gasteiger partial charge in [-0.1, -0.05) is 30.3 Å². The zero-order valence-corrected chi connectivity index (χ0v) is 9.04. The smallest absolute Gasteiger partial charge is 0.269 e. The molecule has 0 atom stereocenters. The Labute approximate surface area is 97.5 Å². The van der Waals surface area contributed by atoms with Crippen LogP contribution in [0.5, 0.6) is 0 Å². The highest BCUT2D eigenvalue weighted by atomic mass is 16.1. The summed E-state index contributed by atoms with van der Waals surface area (Å²) in [7, 11) is 0. The average molecular weight is 229 g/mol. The largest absolute Gasteiger partial charge is 0.364 e. The maximum atomic E-state index is 11.5. The standard InChI is InChI=1S/C12H11N3O2/c13-12(17)10-6-7-11(16)15(14-10)8-9-4-2-1-3-5-9/h1-7H,8H2,(H2,13,17). The summed E-state index contributed by atoms with van der Waals surface area (Å²) in [6, 6.07) is 12.0. The number of hydrogen-bond donors (Lipinski definition) is 1. The van der Waals surface area contributed by atoms with E-state index in [1.807, 2.05) is 30.3 Å². The minimum atomic E-state index is -0.646. The van der Waals surface area contributed by atoms with Crippen LogP contribution in [-0.2, 0) is 6.54 Å². The van der Waals surface area contributed by atoms with Crippen LogP contribution in [0.1, 0.15) is 16.1 Å². The van der Waals surface area contributed by atoms with Crippen LogP contribution in [0.25, 0.3) is 0 Å². The third-order valence-corrected chi connectivity index (χ3v) is 2.29. The van der Waals surface area contributed by atoms with Gasteiger partial charge in [-0.15, -0.1) is 0 Å². The Kier molecular flexibility index (Phi) is 3.00. The van der Waals surface area contributed by atoms with Crippen molar-refractivity contribution in [3.63, 3.8) is 0 Å². The number of carbonyl (C=O) groups is 1. The molecule has 0 aliphatic heterocycles. The number of hydrogen-bond acceptors (Lipinski definition) is 3. The second kappa shape index (κ2) is 4.61. The Morgan fingerprint density at radius 1 is 1.18 bits per heavy atom. The van der Waals surface area contributed by atoms with Crippen molar-refractivity contribution in [1.82, 2.24) is 9.78 Å². The van der Waals surface area contributed by atoms with E-state index in [4.69, 9.17) is 5.73 Å². The van der Waals surface area contributed by atoms with Crippen LogP contribution in [0.15, 0.2) is 47.3 Å². The first-order chi connectivity index (χ1) is 8.16. The van der Waals surface area contributed by atoms with E-state index in [0.717, 1.165) is 5.56 Å². The molecule has 0 aliphatic rings. The third kappa shape index (κ3) is 2.57. The first-order valence-electron chi connectivity index (χ1n) is 5.09. The first-order valence-corrected chi connectivity index (χ1v) is 5.09. The van der Waals surface area contributed by atoms with Gasteiger partial charge in [0.25, 0.3) is 11.5 Å². The van der Waals surface area contributed by atoms with Gasteiger partial charge in [-0.25, -0.2) is 4.68 Å². The third-order valence-electron chi connectivity index (χ3n) is 2.29. The van der Waals surface area contributed by atoms with Gasteiger partial charge in [0.2, 0.25) is 0 Å². The van der Waals surface area contributed by atoms with E-state index in [1.54, 1.807) is 0 Å². The van der Waals surface area contributed by atoms with Crippen molar-refractivity contribution in [3.05, 3.63) is 64.1 Å². The molecule has 0 saturated heterocycles. The number of benzene rings is 1. The molecule has 17 heavy (non-hydrogen) atoms. The fourth-order valence-corrected chi connectivity index (χ4v) is 1.45. The van der Waals surface area contributed by atoms with Crippen molar-refractivity contribution in [2.24, 2.45) is 5.73 Å². The highest BCUT2D eigenvalue weighted by molar-refractivity contribution is 5.90. The minimum absolute atomic E-state index is 0.0838. The lowest BCUT2D eigenvalue weighted by Gasteiger charge is -2.05. The van der Waals surface area contributed by atoms with Crippen molar-refractivity contribution in [3.8, 4) is 0 Å². The van der Waals surface area contributed by atoms with E-state index in [0.29, 0.717) is 6.54 Å². The van der Waals surface area contributed by atoms with Gasteiger partial charge in [0, 0.05) is 6.07 Å².